The third kappa shape index (κ3) is 7.10. The Labute approximate surface area is 131 Å². The van der Waals surface area contributed by atoms with Gasteiger partial charge in [0.2, 0.25) is 0 Å². The summed E-state index contributed by atoms with van der Waals surface area (Å²) in [6, 6.07) is 9.23. The van der Waals surface area contributed by atoms with Crippen LogP contribution >= 0.6 is 0 Å². The van der Waals surface area contributed by atoms with Gasteiger partial charge in [0, 0.05) is 0 Å². The Balaban J connectivity index is 2.61. The molecule has 0 aliphatic heterocycles. The van der Waals surface area contributed by atoms with Crippen LogP contribution in [0.25, 0.3) is 0 Å². The molecule has 2 atom stereocenters. The first-order chi connectivity index (χ1) is 10.1. The van der Waals surface area contributed by atoms with Gasteiger partial charge >= 0.3 is 0 Å². The van der Waals surface area contributed by atoms with Crippen molar-refractivity contribution in [2.45, 2.75) is 66.0 Å². The van der Waals surface area contributed by atoms with Gasteiger partial charge in [-0.1, -0.05) is 52.0 Å². The van der Waals surface area contributed by atoms with Crippen LogP contribution in [0.2, 0.25) is 0 Å². The second kappa shape index (κ2) is 9.97. The highest BCUT2D eigenvalue weighted by Crippen LogP contribution is 2.17. The highest BCUT2D eigenvalue weighted by Gasteiger charge is 2.13. The average Bonchev–Trinajstić information content (AvgIpc) is 2.47. The van der Waals surface area contributed by atoms with Gasteiger partial charge in [-0.2, -0.15) is 0 Å². The van der Waals surface area contributed by atoms with Crippen LogP contribution in [-0.2, 0) is 11.2 Å². The molecular weight excluding hydrogens is 258 g/mol. The summed E-state index contributed by atoms with van der Waals surface area (Å²) in [6.45, 7) is 12.8. The Morgan fingerprint density at radius 1 is 1.05 bits per heavy atom. The van der Waals surface area contributed by atoms with Crippen molar-refractivity contribution in [1.82, 2.24) is 5.32 Å². The van der Waals surface area contributed by atoms with Gasteiger partial charge in [-0.3, -0.25) is 0 Å². The topological polar surface area (TPSA) is 21.3 Å². The number of hydrogen-bond donors (Lipinski definition) is 1. The molecule has 0 spiro atoms. The zero-order chi connectivity index (χ0) is 15.7. The lowest BCUT2D eigenvalue weighted by Gasteiger charge is -2.23. The molecule has 0 aliphatic carbocycles. The Hall–Kier alpha value is -0.860. The number of hydrogen-bond acceptors (Lipinski definition) is 2. The van der Waals surface area contributed by atoms with E-state index >= 15 is 0 Å². The fourth-order valence-corrected chi connectivity index (χ4v) is 2.57. The molecule has 0 radical (unpaired) electrons. The molecule has 2 heteroatoms. The Morgan fingerprint density at radius 3 is 2.24 bits per heavy atom. The second-order valence-electron chi connectivity index (χ2n) is 6.38. The molecule has 120 valence electrons. The van der Waals surface area contributed by atoms with Crippen LogP contribution in [0.3, 0.4) is 0 Å². The maximum Gasteiger partial charge on any atom is 0.0665 e. The second-order valence-corrected chi connectivity index (χ2v) is 6.38. The molecule has 0 aliphatic rings. The van der Waals surface area contributed by atoms with Crippen LogP contribution in [0.1, 0.15) is 64.6 Å². The monoisotopic (exact) mass is 291 g/mol. The number of ether oxygens (including phenoxy) is 1. The standard InChI is InChI=1S/C19H33NO/c1-6-12-20-19(14-21-16(5)13-15(3)4)18-10-8-17(7-2)9-11-18/h8-11,15-16,19-20H,6-7,12-14H2,1-5H3. The average molecular weight is 291 g/mol. The van der Waals surface area contributed by atoms with Crippen molar-refractivity contribution in [1.29, 1.82) is 0 Å². The van der Waals surface area contributed by atoms with Crippen LogP contribution in [0, 0.1) is 5.92 Å². The SMILES string of the molecule is CCCNC(COC(C)CC(C)C)c1ccc(CC)cc1. The van der Waals surface area contributed by atoms with Crippen molar-refractivity contribution in [3.05, 3.63) is 35.4 Å². The van der Waals surface area contributed by atoms with E-state index in [4.69, 9.17) is 4.74 Å². The maximum absolute atomic E-state index is 6.06. The summed E-state index contributed by atoms with van der Waals surface area (Å²) in [7, 11) is 0. The molecule has 0 aromatic heterocycles. The molecule has 21 heavy (non-hydrogen) atoms. The summed E-state index contributed by atoms with van der Waals surface area (Å²) in [5, 5.41) is 3.61. The molecule has 2 nitrogen and oxygen atoms in total. The molecule has 0 bridgehead atoms. The van der Waals surface area contributed by atoms with Crippen molar-refractivity contribution in [3.63, 3.8) is 0 Å². The Morgan fingerprint density at radius 2 is 1.71 bits per heavy atom. The molecule has 1 aromatic rings. The summed E-state index contributed by atoms with van der Waals surface area (Å²) in [5.74, 6) is 0.686. The van der Waals surface area contributed by atoms with Gasteiger partial charge < -0.3 is 10.1 Å². The van der Waals surface area contributed by atoms with Gasteiger partial charge in [0.1, 0.15) is 0 Å². The number of aryl methyl sites for hydroxylation is 1. The van der Waals surface area contributed by atoms with E-state index in [9.17, 15) is 0 Å². The van der Waals surface area contributed by atoms with Crippen LogP contribution < -0.4 is 5.32 Å². The molecule has 0 saturated heterocycles. The lowest BCUT2D eigenvalue weighted by Crippen LogP contribution is -2.28. The number of benzene rings is 1. The molecule has 0 saturated carbocycles. The highest BCUT2D eigenvalue weighted by atomic mass is 16.5. The molecule has 0 heterocycles. The number of rotatable bonds is 10. The first-order valence-electron chi connectivity index (χ1n) is 8.50. The van der Waals surface area contributed by atoms with E-state index in [2.05, 4.69) is 64.2 Å². The predicted molar refractivity (Wildman–Crippen MR) is 91.7 cm³/mol. The summed E-state index contributed by atoms with van der Waals surface area (Å²) in [6.07, 6.45) is 3.68. The Bertz CT molecular complexity index is 372. The van der Waals surface area contributed by atoms with Crippen LogP contribution in [0.15, 0.2) is 24.3 Å². The Kier molecular flexibility index (Phi) is 8.63. The van der Waals surface area contributed by atoms with Gasteiger partial charge in [0.25, 0.3) is 0 Å². The van der Waals surface area contributed by atoms with Gasteiger partial charge in [0.05, 0.1) is 18.8 Å². The first kappa shape index (κ1) is 18.2. The summed E-state index contributed by atoms with van der Waals surface area (Å²) in [4.78, 5) is 0. The van der Waals surface area contributed by atoms with E-state index < -0.39 is 0 Å². The maximum atomic E-state index is 6.06. The smallest absolute Gasteiger partial charge is 0.0665 e. The molecule has 1 aromatic carbocycles. The van der Waals surface area contributed by atoms with E-state index in [1.54, 1.807) is 0 Å². The minimum absolute atomic E-state index is 0.297. The fraction of sp³-hybridized carbons (Fsp3) is 0.684. The molecule has 2 unspecified atom stereocenters. The lowest BCUT2D eigenvalue weighted by molar-refractivity contribution is 0.0371. The predicted octanol–water partition coefficient (Wildman–Crippen LogP) is 4.74. The quantitative estimate of drug-likeness (QED) is 0.672. The van der Waals surface area contributed by atoms with Crippen LogP contribution in [0.5, 0.6) is 0 Å². The van der Waals surface area contributed by atoms with Crippen LogP contribution in [0.4, 0.5) is 0 Å². The minimum atomic E-state index is 0.297. The van der Waals surface area contributed by atoms with Crippen LogP contribution in [-0.4, -0.2) is 19.3 Å². The van der Waals surface area contributed by atoms with Crippen molar-refractivity contribution in [2.24, 2.45) is 5.92 Å². The van der Waals surface area contributed by atoms with Gasteiger partial charge in [0.15, 0.2) is 0 Å². The molecule has 1 N–H and O–H groups in total. The van der Waals surface area contributed by atoms with E-state index in [0.717, 1.165) is 32.4 Å². The molecule has 1 rings (SSSR count). The summed E-state index contributed by atoms with van der Waals surface area (Å²) in [5.41, 5.74) is 2.72. The molecule has 0 amide bonds. The third-order valence-corrected chi connectivity index (χ3v) is 3.78. The van der Waals surface area contributed by atoms with E-state index in [1.807, 2.05) is 0 Å². The van der Waals surface area contributed by atoms with E-state index in [1.165, 1.54) is 11.1 Å². The van der Waals surface area contributed by atoms with Crippen molar-refractivity contribution >= 4 is 0 Å². The van der Waals surface area contributed by atoms with E-state index in [0.29, 0.717) is 18.1 Å². The van der Waals surface area contributed by atoms with Gasteiger partial charge in [-0.15, -0.1) is 0 Å². The normalized spacial score (nSPS) is 14.4. The zero-order valence-electron chi connectivity index (χ0n) is 14.5. The largest absolute Gasteiger partial charge is 0.377 e. The van der Waals surface area contributed by atoms with Gasteiger partial charge in [-0.25, -0.2) is 0 Å². The van der Waals surface area contributed by atoms with Crippen molar-refractivity contribution in [2.75, 3.05) is 13.2 Å². The minimum Gasteiger partial charge on any atom is -0.377 e. The van der Waals surface area contributed by atoms with Crippen molar-refractivity contribution < 1.29 is 4.74 Å². The highest BCUT2D eigenvalue weighted by molar-refractivity contribution is 5.25. The number of nitrogens with one attached hydrogen (secondary N) is 1. The third-order valence-electron chi connectivity index (χ3n) is 3.78. The van der Waals surface area contributed by atoms with Crippen molar-refractivity contribution in [3.8, 4) is 0 Å². The first-order valence-corrected chi connectivity index (χ1v) is 8.50. The lowest BCUT2D eigenvalue weighted by atomic mass is 10.0. The zero-order valence-corrected chi connectivity index (χ0v) is 14.5. The van der Waals surface area contributed by atoms with Gasteiger partial charge in [-0.05, 0) is 49.8 Å². The fourth-order valence-electron chi connectivity index (χ4n) is 2.57. The van der Waals surface area contributed by atoms with E-state index in [-0.39, 0.29) is 0 Å². The molecular formula is C19H33NO. The summed E-state index contributed by atoms with van der Waals surface area (Å²) < 4.78 is 6.06. The summed E-state index contributed by atoms with van der Waals surface area (Å²) >= 11 is 0. The molecule has 0 fully saturated rings.